The molecule has 0 spiro atoms. The number of nitrogens with zero attached hydrogens (tertiary/aromatic N) is 1. The molecule has 0 saturated carbocycles. The Morgan fingerprint density at radius 1 is 1.15 bits per heavy atom. The molecule has 0 amide bonds. The minimum absolute atomic E-state index is 0.122. The Bertz CT molecular complexity index is 746. The molecule has 0 fully saturated rings. The van der Waals surface area contributed by atoms with Crippen LogP contribution in [-0.4, -0.2) is 16.1 Å². The zero-order valence-electron chi connectivity index (χ0n) is 11.6. The maximum absolute atomic E-state index is 5.90. The second-order valence-corrected chi connectivity index (χ2v) is 5.00. The number of nitrogens with one attached hydrogen (secondary N) is 1. The zero-order chi connectivity index (χ0) is 14.1. The third kappa shape index (κ3) is 2.20. The summed E-state index contributed by atoms with van der Waals surface area (Å²) in [6, 6.07) is 11.9. The van der Waals surface area contributed by atoms with Crippen molar-refractivity contribution in [1.29, 1.82) is 0 Å². The van der Waals surface area contributed by atoms with Crippen LogP contribution in [0.1, 0.15) is 13.8 Å². The summed E-state index contributed by atoms with van der Waals surface area (Å²) in [5, 5.41) is 1.04. The van der Waals surface area contributed by atoms with Crippen LogP contribution < -0.4 is 10.5 Å². The van der Waals surface area contributed by atoms with Crippen molar-refractivity contribution in [2.75, 3.05) is 5.73 Å². The lowest BCUT2D eigenvalue weighted by molar-refractivity contribution is 0.243. The standard InChI is InChI=1S/C16H17N3O/c1-10(2)20-14-6-4-3-5-11(14)13-9-15(17)19-16-12(13)7-8-18-16/h3-10H,1-2H3,(H3,17,18,19). The number of nitrogen functional groups attached to an aromatic ring is 1. The lowest BCUT2D eigenvalue weighted by atomic mass is 10.0. The number of pyridine rings is 1. The minimum atomic E-state index is 0.122. The van der Waals surface area contributed by atoms with Gasteiger partial charge in [0, 0.05) is 22.7 Å². The summed E-state index contributed by atoms with van der Waals surface area (Å²) in [6.07, 6.45) is 1.99. The van der Waals surface area contributed by atoms with Crippen molar-refractivity contribution in [1.82, 2.24) is 9.97 Å². The molecule has 102 valence electrons. The molecule has 20 heavy (non-hydrogen) atoms. The van der Waals surface area contributed by atoms with E-state index in [1.165, 1.54) is 0 Å². The largest absolute Gasteiger partial charge is 0.490 e. The van der Waals surface area contributed by atoms with Gasteiger partial charge in [-0.1, -0.05) is 18.2 Å². The van der Waals surface area contributed by atoms with Gasteiger partial charge in [-0.2, -0.15) is 0 Å². The summed E-state index contributed by atoms with van der Waals surface area (Å²) >= 11 is 0. The average Bonchev–Trinajstić information content (AvgIpc) is 2.86. The summed E-state index contributed by atoms with van der Waals surface area (Å²) in [4.78, 5) is 7.39. The number of anilines is 1. The van der Waals surface area contributed by atoms with Crippen molar-refractivity contribution >= 4 is 16.9 Å². The van der Waals surface area contributed by atoms with E-state index in [1.807, 2.05) is 56.4 Å². The first kappa shape index (κ1) is 12.5. The number of benzene rings is 1. The molecule has 4 nitrogen and oxygen atoms in total. The third-order valence-corrected chi connectivity index (χ3v) is 3.09. The fraction of sp³-hybridized carbons (Fsp3) is 0.188. The van der Waals surface area contributed by atoms with Crippen LogP contribution >= 0.6 is 0 Å². The summed E-state index contributed by atoms with van der Waals surface area (Å²) < 4.78 is 5.89. The zero-order valence-corrected chi connectivity index (χ0v) is 11.6. The Labute approximate surface area is 117 Å². The van der Waals surface area contributed by atoms with E-state index in [0.717, 1.165) is 27.9 Å². The molecule has 0 atom stereocenters. The molecule has 0 aliphatic heterocycles. The van der Waals surface area contributed by atoms with Crippen LogP contribution in [0.15, 0.2) is 42.6 Å². The van der Waals surface area contributed by atoms with Crippen LogP contribution in [0.5, 0.6) is 5.75 Å². The molecule has 3 aromatic rings. The molecule has 0 unspecified atom stereocenters. The van der Waals surface area contributed by atoms with E-state index < -0.39 is 0 Å². The average molecular weight is 267 g/mol. The quantitative estimate of drug-likeness (QED) is 0.762. The third-order valence-electron chi connectivity index (χ3n) is 3.09. The minimum Gasteiger partial charge on any atom is -0.490 e. The summed E-state index contributed by atoms with van der Waals surface area (Å²) in [5.41, 5.74) is 8.75. The van der Waals surface area contributed by atoms with Crippen molar-refractivity contribution in [3.05, 3.63) is 42.6 Å². The summed E-state index contributed by atoms with van der Waals surface area (Å²) in [5.74, 6) is 1.35. The van der Waals surface area contributed by atoms with E-state index in [0.29, 0.717) is 5.82 Å². The van der Waals surface area contributed by atoms with E-state index in [2.05, 4.69) is 9.97 Å². The molecule has 3 N–H and O–H groups in total. The normalized spacial score (nSPS) is 11.2. The molecule has 0 saturated heterocycles. The summed E-state index contributed by atoms with van der Waals surface area (Å²) in [6.45, 7) is 4.03. The maximum Gasteiger partial charge on any atom is 0.140 e. The Morgan fingerprint density at radius 3 is 2.75 bits per heavy atom. The van der Waals surface area contributed by atoms with Crippen molar-refractivity contribution in [2.45, 2.75) is 20.0 Å². The first-order valence-corrected chi connectivity index (χ1v) is 6.65. The Kier molecular flexibility index (Phi) is 3.06. The van der Waals surface area contributed by atoms with Gasteiger partial charge in [-0.05, 0) is 32.0 Å². The van der Waals surface area contributed by atoms with Crippen LogP contribution in [0.2, 0.25) is 0 Å². The number of rotatable bonds is 3. The van der Waals surface area contributed by atoms with E-state index >= 15 is 0 Å². The molecule has 0 aliphatic carbocycles. The monoisotopic (exact) mass is 267 g/mol. The van der Waals surface area contributed by atoms with E-state index in [-0.39, 0.29) is 6.10 Å². The van der Waals surface area contributed by atoms with Crippen LogP contribution in [0.3, 0.4) is 0 Å². The molecule has 2 aromatic heterocycles. The smallest absolute Gasteiger partial charge is 0.140 e. The number of aromatic amines is 1. The number of hydrogen-bond acceptors (Lipinski definition) is 3. The maximum atomic E-state index is 5.90. The van der Waals surface area contributed by atoms with Crippen molar-refractivity contribution in [3.8, 4) is 16.9 Å². The van der Waals surface area contributed by atoms with Gasteiger partial charge >= 0.3 is 0 Å². The fourth-order valence-electron chi connectivity index (χ4n) is 2.33. The van der Waals surface area contributed by atoms with Gasteiger partial charge in [0.1, 0.15) is 17.2 Å². The molecular formula is C16H17N3O. The molecule has 0 radical (unpaired) electrons. The van der Waals surface area contributed by atoms with Crippen LogP contribution in [0, 0.1) is 0 Å². The highest BCUT2D eigenvalue weighted by Gasteiger charge is 2.12. The van der Waals surface area contributed by atoms with Gasteiger partial charge in [0.2, 0.25) is 0 Å². The van der Waals surface area contributed by atoms with Gasteiger partial charge in [-0.25, -0.2) is 4.98 Å². The first-order chi connectivity index (χ1) is 9.65. The van der Waals surface area contributed by atoms with E-state index in [9.17, 15) is 0 Å². The Morgan fingerprint density at radius 2 is 1.95 bits per heavy atom. The van der Waals surface area contributed by atoms with Crippen LogP contribution in [-0.2, 0) is 0 Å². The van der Waals surface area contributed by atoms with Gasteiger partial charge in [0.15, 0.2) is 0 Å². The van der Waals surface area contributed by atoms with Gasteiger partial charge in [0.25, 0.3) is 0 Å². The second-order valence-electron chi connectivity index (χ2n) is 5.00. The number of nitrogens with two attached hydrogens (primary N) is 1. The Balaban J connectivity index is 2.23. The molecule has 1 aromatic carbocycles. The molecule has 3 rings (SSSR count). The first-order valence-electron chi connectivity index (χ1n) is 6.65. The number of para-hydroxylation sites is 1. The lowest BCUT2D eigenvalue weighted by Gasteiger charge is -2.15. The lowest BCUT2D eigenvalue weighted by Crippen LogP contribution is -2.06. The topological polar surface area (TPSA) is 63.9 Å². The van der Waals surface area contributed by atoms with Crippen LogP contribution in [0.4, 0.5) is 5.82 Å². The predicted molar refractivity (Wildman–Crippen MR) is 81.7 cm³/mol. The SMILES string of the molecule is CC(C)Oc1ccccc1-c1cc(N)nc2[nH]ccc12. The highest BCUT2D eigenvalue weighted by molar-refractivity contribution is 5.96. The van der Waals surface area contributed by atoms with Gasteiger partial charge in [-0.3, -0.25) is 0 Å². The van der Waals surface area contributed by atoms with Crippen LogP contribution in [0.25, 0.3) is 22.2 Å². The van der Waals surface area contributed by atoms with E-state index in [1.54, 1.807) is 0 Å². The number of ether oxygens (including phenoxy) is 1. The molecular weight excluding hydrogens is 250 g/mol. The molecule has 0 aliphatic rings. The number of aromatic nitrogens is 2. The predicted octanol–water partition coefficient (Wildman–Crippen LogP) is 3.60. The van der Waals surface area contributed by atoms with Gasteiger partial charge in [-0.15, -0.1) is 0 Å². The number of fused-ring (bicyclic) bond motifs is 1. The van der Waals surface area contributed by atoms with Crippen molar-refractivity contribution in [3.63, 3.8) is 0 Å². The highest BCUT2D eigenvalue weighted by atomic mass is 16.5. The Hall–Kier alpha value is -2.49. The number of hydrogen-bond donors (Lipinski definition) is 2. The summed E-state index contributed by atoms with van der Waals surface area (Å²) in [7, 11) is 0. The second kappa shape index (κ2) is 4.89. The van der Waals surface area contributed by atoms with Gasteiger partial charge < -0.3 is 15.5 Å². The molecule has 2 heterocycles. The van der Waals surface area contributed by atoms with Crippen molar-refractivity contribution in [2.24, 2.45) is 0 Å². The molecule has 0 bridgehead atoms. The van der Waals surface area contributed by atoms with Crippen molar-refractivity contribution < 1.29 is 4.74 Å². The van der Waals surface area contributed by atoms with Gasteiger partial charge in [0.05, 0.1) is 6.10 Å². The van der Waals surface area contributed by atoms with E-state index in [4.69, 9.17) is 10.5 Å². The number of H-pyrrole nitrogens is 1. The fourth-order valence-corrected chi connectivity index (χ4v) is 2.33. The highest BCUT2D eigenvalue weighted by Crippen LogP contribution is 2.35. The molecule has 4 heteroatoms.